The van der Waals surface area contributed by atoms with Gasteiger partial charge in [-0.2, -0.15) is 0 Å². The van der Waals surface area contributed by atoms with Gasteiger partial charge in [0.15, 0.2) is 0 Å². The standard InChI is InChI=1S/C14H25N3/c1-4-6-13(15)14(7-5-2)16-12-8-10-17(3)11-9-12/h5-7,12,16H,2,4,8-11,15H2,1,3H3/b13-6+,14-7+. The van der Waals surface area contributed by atoms with Gasteiger partial charge in [0.25, 0.3) is 0 Å². The monoisotopic (exact) mass is 235 g/mol. The van der Waals surface area contributed by atoms with E-state index < -0.39 is 0 Å². The summed E-state index contributed by atoms with van der Waals surface area (Å²) in [5, 5.41) is 3.53. The summed E-state index contributed by atoms with van der Waals surface area (Å²) in [6, 6.07) is 0.529. The second-order valence-corrected chi connectivity index (χ2v) is 4.61. The minimum absolute atomic E-state index is 0.529. The summed E-state index contributed by atoms with van der Waals surface area (Å²) in [5.41, 5.74) is 7.87. The van der Waals surface area contributed by atoms with Gasteiger partial charge in [0.2, 0.25) is 0 Å². The average Bonchev–Trinajstić information content (AvgIpc) is 2.31. The number of allylic oxidation sites excluding steroid dienone is 3. The predicted octanol–water partition coefficient (Wildman–Crippen LogP) is 1.99. The number of nitrogens with one attached hydrogen (secondary N) is 1. The molecule has 1 aliphatic heterocycles. The largest absolute Gasteiger partial charge is 0.397 e. The van der Waals surface area contributed by atoms with Crippen LogP contribution in [0.1, 0.15) is 26.2 Å². The topological polar surface area (TPSA) is 41.3 Å². The summed E-state index contributed by atoms with van der Waals surface area (Å²) in [7, 11) is 2.17. The van der Waals surface area contributed by atoms with Crippen LogP contribution < -0.4 is 11.1 Å². The molecule has 0 aromatic rings. The van der Waals surface area contributed by atoms with Crippen LogP contribution in [0.2, 0.25) is 0 Å². The van der Waals surface area contributed by atoms with Crippen molar-refractivity contribution in [2.24, 2.45) is 5.73 Å². The highest BCUT2D eigenvalue weighted by molar-refractivity contribution is 5.29. The number of nitrogens with zero attached hydrogens (tertiary/aromatic N) is 1. The third-order valence-corrected chi connectivity index (χ3v) is 3.10. The van der Waals surface area contributed by atoms with Gasteiger partial charge in [-0.15, -0.1) is 0 Å². The maximum atomic E-state index is 6.03. The van der Waals surface area contributed by atoms with Crippen LogP contribution in [0.4, 0.5) is 0 Å². The molecule has 0 spiro atoms. The molecule has 0 aromatic carbocycles. The third-order valence-electron chi connectivity index (χ3n) is 3.10. The molecule has 1 fully saturated rings. The van der Waals surface area contributed by atoms with Gasteiger partial charge in [-0.05, 0) is 45.5 Å². The van der Waals surface area contributed by atoms with Crippen molar-refractivity contribution in [3.63, 3.8) is 0 Å². The fourth-order valence-electron chi connectivity index (χ4n) is 2.05. The molecule has 0 atom stereocenters. The Labute approximate surface area is 105 Å². The Morgan fingerprint density at radius 1 is 1.47 bits per heavy atom. The minimum Gasteiger partial charge on any atom is -0.397 e. The lowest BCUT2D eigenvalue weighted by Gasteiger charge is -2.31. The van der Waals surface area contributed by atoms with Gasteiger partial charge in [0, 0.05) is 6.04 Å². The van der Waals surface area contributed by atoms with Crippen molar-refractivity contribution in [2.75, 3.05) is 20.1 Å². The number of rotatable bonds is 5. The molecule has 0 aliphatic carbocycles. The van der Waals surface area contributed by atoms with Gasteiger partial charge in [0.1, 0.15) is 0 Å². The summed E-state index contributed by atoms with van der Waals surface area (Å²) >= 11 is 0. The fourth-order valence-corrected chi connectivity index (χ4v) is 2.05. The van der Waals surface area contributed by atoms with E-state index in [0.717, 1.165) is 30.9 Å². The number of hydrogen-bond acceptors (Lipinski definition) is 3. The number of hydrogen-bond donors (Lipinski definition) is 2. The molecule has 1 saturated heterocycles. The maximum Gasteiger partial charge on any atom is 0.0572 e. The second-order valence-electron chi connectivity index (χ2n) is 4.61. The van der Waals surface area contributed by atoms with Crippen LogP contribution in [-0.2, 0) is 0 Å². The van der Waals surface area contributed by atoms with Crippen molar-refractivity contribution >= 4 is 0 Å². The number of nitrogens with two attached hydrogens (primary N) is 1. The highest BCUT2D eigenvalue weighted by Crippen LogP contribution is 2.12. The highest BCUT2D eigenvalue weighted by Gasteiger charge is 2.17. The van der Waals surface area contributed by atoms with Crippen LogP contribution in [0, 0.1) is 0 Å². The van der Waals surface area contributed by atoms with Crippen LogP contribution >= 0.6 is 0 Å². The lowest BCUT2D eigenvalue weighted by Crippen LogP contribution is -2.41. The molecule has 0 aromatic heterocycles. The Hall–Kier alpha value is -1.22. The Kier molecular flexibility index (Phi) is 5.84. The molecule has 0 saturated carbocycles. The smallest absolute Gasteiger partial charge is 0.0572 e. The van der Waals surface area contributed by atoms with E-state index >= 15 is 0 Å². The lowest BCUT2D eigenvalue weighted by molar-refractivity contribution is 0.242. The highest BCUT2D eigenvalue weighted by atomic mass is 15.1. The van der Waals surface area contributed by atoms with Gasteiger partial charge in [-0.1, -0.05) is 25.7 Å². The summed E-state index contributed by atoms with van der Waals surface area (Å²) in [4.78, 5) is 2.36. The van der Waals surface area contributed by atoms with Crippen LogP contribution in [0.15, 0.2) is 36.2 Å². The normalized spacial score (nSPS) is 20.4. The van der Waals surface area contributed by atoms with E-state index in [1.807, 2.05) is 12.2 Å². The van der Waals surface area contributed by atoms with E-state index in [0.29, 0.717) is 6.04 Å². The number of likely N-dealkylation sites (tertiary alicyclic amines) is 1. The van der Waals surface area contributed by atoms with Gasteiger partial charge in [-0.25, -0.2) is 0 Å². The Morgan fingerprint density at radius 3 is 2.65 bits per heavy atom. The molecular weight excluding hydrogens is 210 g/mol. The van der Waals surface area contributed by atoms with E-state index in [1.54, 1.807) is 6.08 Å². The van der Waals surface area contributed by atoms with Gasteiger partial charge in [-0.3, -0.25) is 0 Å². The first kappa shape index (κ1) is 13.8. The van der Waals surface area contributed by atoms with E-state index in [1.165, 1.54) is 12.8 Å². The second kappa shape index (κ2) is 7.17. The Morgan fingerprint density at radius 2 is 2.12 bits per heavy atom. The molecule has 3 heteroatoms. The number of piperidine rings is 1. The van der Waals surface area contributed by atoms with Gasteiger partial charge < -0.3 is 16.0 Å². The molecule has 1 heterocycles. The first-order valence-corrected chi connectivity index (χ1v) is 6.41. The Balaban J connectivity index is 2.59. The molecule has 1 aliphatic rings. The Bertz CT molecular complexity index is 297. The average molecular weight is 235 g/mol. The summed E-state index contributed by atoms with van der Waals surface area (Å²) in [6.07, 6.45) is 9.08. The molecule has 1 rings (SSSR count). The SMILES string of the molecule is C=C/C=C(NC1CCN(C)CC1)\C(N)=C/CC. The van der Waals surface area contributed by atoms with Crippen molar-refractivity contribution in [3.05, 3.63) is 36.2 Å². The van der Waals surface area contributed by atoms with Crippen molar-refractivity contribution < 1.29 is 0 Å². The summed E-state index contributed by atoms with van der Waals surface area (Å²) in [6.45, 7) is 8.13. The summed E-state index contributed by atoms with van der Waals surface area (Å²) < 4.78 is 0. The molecule has 3 N–H and O–H groups in total. The first-order valence-electron chi connectivity index (χ1n) is 6.41. The molecular formula is C14H25N3. The molecule has 0 bridgehead atoms. The van der Waals surface area contributed by atoms with Crippen LogP contribution in [0.25, 0.3) is 0 Å². The zero-order valence-corrected chi connectivity index (χ0v) is 11.1. The van der Waals surface area contributed by atoms with E-state index in [9.17, 15) is 0 Å². The molecule has 0 unspecified atom stereocenters. The van der Waals surface area contributed by atoms with Gasteiger partial charge in [0.05, 0.1) is 11.4 Å². The van der Waals surface area contributed by atoms with E-state index in [2.05, 4.69) is 30.8 Å². The summed E-state index contributed by atoms with van der Waals surface area (Å²) in [5.74, 6) is 0. The molecule has 3 nitrogen and oxygen atoms in total. The minimum atomic E-state index is 0.529. The molecule has 0 amide bonds. The molecule has 17 heavy (non-hydrogen) atoms. The van der Waals surface area contributed by atoms with E-state index in [4.69, 9.17) is 5.73 Å². The van der Waals surface area contributed by atoms with Crippen molar-refractivity contribution in [3.8, 4) is 0 Å². The zero-order valence-electron chi connectivity index (χ0n) is 11.1. The quantitative estimate of drug-likeness (QED) is 0.716. The van der Waals surface area contributed by atoms with Crippen molar-refractivity contribution in [1.82, 2.24) is 10.2 Å². The van der Waals surface area contributed by atoms with Crippen molar-refractivity contribution in [1.29, 1.82) is 0 Å². The van der Waals surface area contributed by atoms with Crippen molar-refractivity contribution in [2.45, 2.75) is 32.2 Å². The van der Waals surface area contributed by atoms with Crippen LogP contribution in [0.5, 0.6) is 0 Å². The fraction of sp³-hybridized carbons (Fsp3) is 0.571. The zero-order chi connectivity index (χ0) is 12.7. The van der Waals surface area contributed by atoms with Gasteiger partial charge >= 0.3 is 0 Å². The molecule has 0 radical (unpaired) electrons. The van der Waals surface area contributed by atoms with Crippen LogP contribution in [-0.4, -0.2) is 31.1 Å². The lowest BCUT2D eigenvalue weighted by atomic mass is 10.0. The third kappa shape index (κ3) is 4.65. The predicted molar refractivity (Wildman–Crippen MR) is 74.5 cm³/mol. The van der Waals surface area contributed by atoms with Crippen LogP contribution in [0.3, 0.4) is 0 Å². The maximum absolute atomic E-state index is 6.03. The molecule has 96 valence electrons. The first-order chi connectivity index (χ1) is 8.17. The van der Waals surface area contributed by atoms with E-state index in [-0.39, 0.29) is 0 Å².